The van der Waals surface area contributed by atoms with Gasteiger partial charge in [0.15, 0.2) is 9.84 Å². The Morgan fingerprint density at radius 3 is 2.74 bits per heavy atom. The molecule has 0 aromatic heterocycles. The number of aliphatic hydroxyl groups excluding tert-OH is 1. The van der Waals surface area contributed by atoms with Gasteiger partial charge in [0.25, 0.3) is 0 Å². The molecule has 23 heavy (non-hydrogen) atoms. The summed E-state index contributed by atoms with van der Waals surface area (Å²) in [6.07, 6.45) is 7.10. The lowest BCUT2D eigenvalue weighted by Crippen LogP contribution is -2.31. The lowest BCUT2D eigenvalue weighted by molar-refractivity contribution is 0.0642. The van der Waals surface area contributed by atoms with Gasteiger partial charge in [0.05, 0.1) is 16.8 Å². The number of rotatable bonds is 5. The van der Waals surface area contributed by atoms with Gasteiger partial charge in [-0.05, 0) is 56.2 Å². The smallest absolute Gasteiger partial charge is 0.178 e. The first-order valence-corrected chi connectivity index (χ1v) is 10.5. The zero-order chi connectivity index (χ0) is 16.3. The van der Waals surface area contributed by atoms with Gasteiger partial charge in [-0.3, -0.25) is 0 Å². The van der Waals surface area contributed by atoms with Gasteiger partial charge in [0.2, 0.25) is 0 Å². The van der Waals surface area contributed by atoms with Gasteiger partial charge >= 0.3 is 0 Å². The minimum Gasteiger partial charge on any atom is -0.393 e. The molecule has 1 aromatic carbocycles. The van der Waals surface area contributed by atoms with Crippen LogP contribution in [0.2, 0.25) is 0 Å². The Morgan fingerprint density at radius 1 is 1.13 bits per heavy atom. The predicted molar refractivity (Wildman–Crippen MR) is 91.1 cm³/mol. The summed E-state index contributed by atoms with van der Waals surface area (Å²) >= 11 is 0. The highest BCUT2D eigenvalue weighted by Gasteiger charge is 2.29. The van der Waals surface area contributed by atoms with Crippen molar-refractivity contribution in [2.45, 2.75) is 62.0 Å². The molecule has 1 saturated carbocycles. The van der Waals surface area contributed by atoms with Crippen molar-refractivity contribution in [1.29, 1.82) is 0 Å². The van der Waals surface area contributed by atoms with Crippen molar-refractivity contribution in [3.05, 3.63) is 29.8 Å². The number of sulfone groups is 1. The van der Waals surface area contributed by atoms with E-state index in [-0.39, 0.29) is 17.9 Å². The van der Waals surface area contributed by atoms with Gasteiger partial charge in [-0.25, -0.2) is 8.42 Å². The van der Waals surface area contributed by atoms with Gasteiger partial charge in [-0.15, -0.1) is 0 Å². The molecule has 0 bridgehead atoms. The molecular weight excluding hydrogens is 310 g/mol. The van der Waals surface area contributed by atoms with Crippen molar-refractivity contribution in [3.63, 3.8) is 0 Å². The van der Waals surface area contributed by atoms with Crippen LogP contribution in [-0.4, -0.2) is 31.9 Å². The summed E-state index contributed by atoms with van der Waals surface area (Å²) in [6.45, 7) is 0.877. The molecule has 2 N–H and O–H groups in total. The fourth-order valence-corrected chi connectivity index (χ4v) is 5.59. The minimum atomic E-state index is -3.10. The first-order chi connectivity index (χ1) is 11.1. The SMILES string of the molecule is O=S1(=O)CC[C@H](NCCC[C@@H]2CCCC[C@H]2O)c2ccccc21. The standard InChI is InChI=1S/C18H27NO3S/c20-17-9-3-1-6-14(17)7-5-12-19-16-11-13-23(21,22)18-10-4-2-8-15(16)18/h2,4,8,10,14,16-17,19-20H,1,3,5-7,9,11-13H2/t14-,16-,17+/m0/s1. The number of aliphatic hydroxyl groups is 1. The van der Waals surface area contributed by atoms with Crippen LogP contribution in [0.3, 0.4) is 0 Å². The summed E-state index contributed by atoms with van der Waals surface area (Å²) in [5, 5.41) is 13.5. The van der Waals surface area contributed by atoms with Crippen molar-refractivity contribution >= 4 is 9.84 Å². The highest BCUT2D eigenvalue weighted by molar-refractivity contribution is 7.91. The number of hydrogen-bond donors (Lipinski definition) is 2. The Morgan fingerprint density at radius 2 is 1.91 bits per heavy atom. The van der Waals surface area contributed by atoms with E-state index in [1.165, 1.54) is 6.42 Å². The summed E-state index contributed by atoms with van der Waals surface area (Å²) < 4.78 is 24.3. The van der Waals surface area contributed by atoms with E-state index in [1.807, 2.05) is 12.1 Å². The number of benzene rings is 1. The summed E-state index contributed by atoms with van der Waals surface area (Å²) in [4.78, 5) is 0.492. The molecular formula is C18H27NO3S. The molecule has 2 aliphatic rings. The van der Waals surface area contributed by atoms with Gasteiger partial charge < -0.3 is 10.4 Å². The fraction of sp³-hybridized carbons (Fsp3) is 0.667. The van der Waals surface area contributed by atoms with Gasteiger partial charge in [0.1, 0.15) is 0 Å². The van der Waals surface area contributed by atoms with E-state index in [9.17, 15) is 13.5 Å². The quantitative estimate of drug-likeness (QED) is 0.811. The zero-order valence-electron chi connectivity index (χ0n) is 13.6. The molecule has 0 unspecified atom stereocenters. The van der Waals surface area contributed by atoms with Gasteiger partial charge in [0, 0.05) is 6.04 Å². The average Bonchev–Trinajstić information content (AvgIpc) is 2.55. The molecule has 0 radical (unpaired) electrons. The molecule has 128 valence electrons. The molecule has 0 saturated heterocycles. The number of hydrogen-bond acceptors (Lipinski definition) is 4. The van der Waals surface area contributed by atoms with E-state index >= 15 is 0 Å². The minimum absolute atomic E-state index is 0.121. The fourth-order valence-electron chi connectivity index (χ4n) is 3.97. The van der Waals surface area contributed by atoms with Crippen LogP contribution in [0.15, 0.2) is 29.2 Å². The van der Waals surface area contributed by atoms with Crippen molar-refractivity contribution in [1.82, 2.24) is 5.32 Å². The molecule has 1 aromatic rings. The Bertz CT molecular complexity index is 629. The Hall–Kier alpha value is -0.910. The topological polar surface area (TPSA) is 66.4 Å². The Balaban J connectivity index is 1.53. The Kier molecular flexibility index (Phi) is 5.39. The van der Waals surface area contributed by atoms with Crippen molar-refractivity contribution in [3.8, 4) is 0 Å². The first kappa shape index (κ1) is 16.9. The molecule has 1 aliphatic carbocycles. The lowest BCUT2D eigenvalue weighted by Gasteiger charge is -2.29. The van der Waals surface area contributed by atoms with Crippen LogP contribution in [0, 0.1) is 5.92 Å². The maximum absolute atomic E-state index is 12.1. The Labute approximate surface area is 139 Å². The highest BCUT2D eigenvalue weighted by atomic mass is 32.2. The van der Waals surface area contributed by atoms with Crippen LogP contribution in [0.1, 0.15) is 56.6 Å². The van der Waals surface area contributed by atoms with Gasteiger partial charge in [-0.1, -0.05) is 31.0 Å². The van der Waals surface area contributed by atoms with Crippen LogP contribution < -0.4 is 5.32 Å². The number of nitrogens with one attached hydrogen (secondary N) is 1. The summed E-state index contributed by atoms with van der Waals surface area (Å²) in [6, 6.07) is 7.48. The predicted octanol–water partition coefficient (Wildman–Crippen LogP) is 2.83. The lowest BCUT2D eigenvalue weighted by atomic mass is 9.83. The summed E-state index contributed by atoms with van der Waals surface area (Å²) in [5.41, 5.74) is 0.913. The maximum Gasteiger partial charge on any atom is 0.178 e. The van der Waals surface area contributed by atoms with Gasteiger partial charge in [-0.2, -0.15) is 0 Å². The molecule has 3 atom stereocenters. The second-order valence-corrected chi connectivity index (χ2v) is 8.98. The molecule has 3 rings (SSSR count). The molecule has 1 heterocycles. The molecule has 5 heteroatoms. The van der Waals surface area contributed by atoms with E-state index in [2.05, 4.69) is 5.32 Å². The largest absolute Gasteiger partial charge is 0.393 e. The summed E-state index contributed by atoms with van der Waals surface area (Å²) in [5.74, 6) is 0.674. The molecule has 0 amide bonds. The van der Waals surface area contributed by atoms with E-state index < -0.39 is 9.84 Å². The van der Waals surface area contributed by atoms with Crippen molar-refractivity contribution < 1.29 is 13.5 Å². The number of fused-ring (bicyclic) bond motifs is 1. The van der Waals surface area contributed by atoms with Crippen LogP contribution >= 0.6 is 0 Å². The first-order valence-electron chi connectivity index (χ1n) is 8.81. The zero-order valence-corrected chi connectivity index (χ0v) is 14.4. The van der Waals surface area contributed by atoms with Crippen molar-refractivity contribution in [2.24, 2.45) is 5.92 Å². The van der Waals surface area contributed by atoms with E-state index in [1.54, 1.807) is 12.1 Å². The maximum atomic E-state index is 12.1. The second-order valence-electron chi connectivity index (χ2n) is 6.91. The van der Waals surface area contributed by atoms with E-state index in [4.69, 9.17) is 0 Å². The molecule has 1 aliphatic heterocycles. The third-order valence-electron chi connectivity index (χ3n) is 5.32. The molecule has 0 spiro atoms. The summed E-state index contributed by atoms with van der Waals surface area (Å²) in [7, 11) is -3.10. The van der Waals surface area contributed by atoms with Crippen LogP contribution in [0.4, 0.5) is 0 Å². The van der Waals surface area contributed by atoms with Crippen LogP contribution in [0.5, 0.6) is 0 Å². The van der Waals surface area contributed by atoms with E-state index in [0.29, 0.717) is 17.2 Å². The molecule has 1 fully saturated rings. The van der Waals surface area contributed by atoms with Crippen LogP contribution in [0.25, 0.3) is 0 Å². The highest BCUT2D eigenvalue weighted by Crippen LogP contribution is 2.32. The average molecular weight is 337 g/mol. The monoisotopic (exact) mass is 337 g/mol. The second kappa shape index (κ2) is 7.32. The third kappa shape index (κ3) is 3.95. The third-order valence-corrected chi connectivity index (χ3v) is 7.13. The van der Waals surface area contributed by atoms with E-state index in [0.717, 1.165) is 44.2 Å². The molecule has 4 nitrogen and oxygen atoms in total. The normalized spacial score (nSPS) is 29.9. The van der Waals surface area contributed by atoms with Crippen molar-refractivity contribution in [2.75, 3.05) is 12.3 Å². The van der Waals surface area contributed by atoms with Crippen LogP contribution in [-0.2, 0) is 9.84 Å².